The maximum atomic E-state index is 12.8. The van der Waals surface area contributed by atoms with E-state index in [2.05, 4.69) is 5.32 Å². The zero-order chi connectivity index (χ0) is 19.6. The van der Waals surface area contributed by atoms with E-state index in [0.717, 1.165) is 11.8 Å². The van der Waals surface area contributed by atoms with Gasteiger partial charge >= 0.3 is 0 Å². The fourth-order valence-electron chi connectivity index (χ4n) is 2.50. The number of thiocarbonyl (C=S) groups is 1. The largest absolute Gasteiger partial charge is 0.326 e. The number of benzene rings is 2. The van der Waals surface area contributed by atoms with E-state index in [4.69, 9.17) is 12.2 Å². The molecule has 0 aromatic heterocycles. The van der Waals surface area contributed by atoms with Crippen molar-refractivity contribution in [1.29, 1.82) is 0 Å². The van der Waals surface area contributed by atoms with E-state index < -0.39 is 4.92 Å². The zero-order valence-electron chi connectivity index (χ0n) is 14.0. The van der Waals surface area contributed by atoms with Gasteiger partial charge in [-0.15, -0.1) is 0 Å². The van der Waals surface area contributed by atoms with Crippen LogP contribution in [0.1, 0.15) is 12.5 Å². The van der Waals surface area contributed by atoms with E-state index in [1.807, 2.05) is 0 Å². The lowest BCUT2D eigenvalue weighted by Crippen LogP contribution is -2.27. The van der Waals surface area contributed by atoms with Crippen molar-refractivity contribution in [3.8, 4) is 0 Å². The normalized spacial score (nSPS) is 15.3. The van der Waals surface area contributed by atoms with Crippen molar-refractivity contribution in [3.63, 3.8) is 0 Å². The number of carbonyl (C=O) groups excluding carboxylic acids is 2. The van der Waals surface area contributed by atoms with Crippen LogP contribution in [0.5, 0.6) is 0 Å². The first kappa shape index (κ1) is 18.7. The standard InChI is InChI=1S/C18H13N3O4S2/c1-11(22)19-13-6-8-14(9-7-13)20-17(23)16(27-18(20)26)10-12-4-2-3-5-15(12)21(24)25/h2-10H,1H3,(H,19,22)/b16-10+. The summed E-state index contributed by atoms with van der Waals surface area (Å²) in [6.45, 7) is 1.41. The minimum Gasteiger partial charge on any atom is -0.326 e. The summed E-state index contributed by atoms with van der Waals surface area (Å²) in [7, 11) is 0. The minimum absolute atomic E-state index is 0.0811. The van der Waals surface area contributed by atoms with Gasteiger partial charge < -0.3 is 5.32 Å². The summed E-state index contributed by atoms with van der Waals surface area (Å²) in [4.78, 5) is 36.2. The van der Waals surface area contributed by atoms with Gasteiger partial charge in [-0.2, -0.15) is 0 Å². The van der Waals surface area contributed by atoms with E-state index in [-0.39, 0.29) is 17.5 Å². The van der Waals surface area contributed by atoms with Crippen LogP contribution in [-0.4, -0.2) is 21.1 Å². The summed E-state index contributed by atoms with van der Waals surface area (Å²) in [5.41, 5.74) is 1.41. The van der Waals surface area contributed by atoms with Gasteiger partial charge in [-0.25, -0.2) is 0 Å². The maximum Gasteiger partial charge on any atom is 0.276 e. The van der Waals surface area contributed by atoms with Gasteiger partial charge in [0.1, 0.15) is 0 Å². The van der Waals surface area contributed by atoms with Crippen LogP contribution in [-0.2, 0) is 9.59 Å². The molecule has 0 spiro atoms. The van der Waals surface area contributed by atoms with E-state index in [1.54, 1.807) is 42.5 Å². The summed E-state index contributed by atoms with van der Waals surface area (Å²) in [6, 6.07) is 12.9. The molecular weight excluding hydrogens is 386 g/mol. The van der Waals surface area contributed by atoms with Crippen LogP contribution in [0.4, 0.5) is 17.1 Å². The zero-order valence-corrected chi connectivity index (χ0v) is 15.7. The molecule has 1 heterocycles. The Balaban J connectivity index is 1.89. The lowest BCUT2D eigenvalue weighted by molar-refractivity contribution is -0.385. The number of anilines is 2. The van der Waals surface area contributed by atoms with Gasteiger partial charge in [0, 0.05) is 18.7 Å². The third kappa shape index (κ3) is 4.04. The molecule has 0 radical (unpaired) electrons. The summed E-state index contributed by atoms with van der Waals surface area (Å²) >= 11 is 6.39. The molecule has 2 aromatic rings. The van der Waals surface area contributed by atoms with Gasteiger partial charge in [-0.3, -0.25) is 24.6 Å². The molecule has 1 aliphatic heterocycles. The lowest BCUT2D eigenvalue weighted by Gasteiger charge is -2.15. The number of hydrogen-bond acceptors (Lipinski definition) is 6. The number of thioether (sulfide) groups is 1. The van der Waals surface area contributed by atoms with E-state index >= 15 is 0 Å². The molecule has 0 saturated carbocycles. The molecular formula is C18H13N3O4S2. The predicted molar refractivity (Wildman–Crippen MR) is 109 cm³/mol. The summed E-state index contributed by atoms with van der Waals surface area (Å²) < 4.78 is 0.331. The molecule has 1 N–H and O–H groups in total. The Labute approximate surface area is 164 Å². The van der Waals surface area contributed by atoms with Crippen LogP contribution in [0, 0.1) is 10.1 Å². The average Bonchev–Trinajstić information content (AvgIpc) is 2.89. The third-order valence-electron chi connectivity index (χ3n) is 3.66. The second kappa shape index (κ2) is 7.68. The van der Waals surface area contributed by atoms with Crippen molar-refractivity contribution >= 4 is 63.3 Å². The van der Waals surface area contributed by atoms with Crippen LogP contribution in [0.2, 0.25) is 0 Å². The highest BCUT2D eigenvalue weighted by atomic mass is 32.2. The molecule has 0 bridgehead atoms. The first-order chi connectivity index (χ1) is 12.9. The first-order valence-electron chi connectivity index (χ1n) is 7.76. The third-order valence-corrected chi connectivity index (χ3v) is 4.96. The Morgan fingerprint density at radius 1 is 1.22 bits per heavy atom. The monoisotopic (exact) mass is 399 g/mol. The lowest BCUT2D eigenvalue weighted by atomic mass is 10.1. The number of nitro benzene ring substituents is 1. The highest BCUT2D eigenvalue weighted by molar-refractivity contribution is 8.27. The molecule has 1 saturated heterocycles. The van der Waals surface area contributed by atoms with Gasteiger partial charge in [0.15, 0.2) is 4.32 Å². The Morgan fingerprint density at radius 2 is 1.89 bits per heavy atom. The Bertz CT molecular complexity index is 986. The number of nitrogens with zero attached hydrogens (tertiary/aromatic N) is 2. The smallest absolute Gasteiger partial charge is 0.276 e. The maximum absolute atomic E-state index is 12.8. The molecule has 0 unspecified atom stereocenters. The Hall–Kier alpha value is -3.04. The van der Waals surface area contributed by atoms with E-state index in [9.17, 15) is 19.7 Å². The molecule has 1 fully saturated rings. The second-order valence-electron chi connectivity index (χ2n) is 5.56. The van der Waals surface area contributed by atoms with Crippen molar-refractivity contribution in [2.24, 2.45) is 0 Å². The van der Waals surface area contributed by atoms with E-state index in [1.165, 1.54) is 24.0 Å². The summed E-state index contributed by atoms with van der Waals surface area (Å²) in [5.74, 6) is -0.545. The summed E-state index contributed by atoms with van der Waals surface area (Å²) in [5, 5.41) is 13.8. The van der Waals surface area contributed by atoms with Crippen LogP contribution in [0.25, 0.3) is 6.08 Å². The second-order valence-corrected chi connectivity index (χ2v) is 7.24. The molecule has 136 valence electrons. The fraction of sp³-hybridized carbons (Fsp3) is 0.0556. The fourth-order valence-corrected chi connectivity index (χ4v) is 3.79. The number of hydrogen-bond donors (Lipinski definition) is 1. The molecule has 3 rings (SSSR count). The number of nitro groups is 1. The first-order valence-corrected chi connectivity index (χ1v) is 8.98. The van der Waals surface area contributed by atoms with Gasteiger partial charge in [0.05, 0.1) is 21.1 Å². The predicted octanol–water partition coefficient (Wildman–Crippen LogP) is 3.96. The Kier molecular flexibility index (Phi) is 5.33. The van der Waals surface area contributed by atoms with Gasteiger partial charge in [-0.1, -0.05) is 36.1 Å². The van der Waals surface area contributed by atoms with Gasteiger partial charge in [0.25, 0.3) is 11.6 Å². The number of nitrogens with one attached hydrogen (secondary N) is 1. The molecule has 7 nitrogen and oxygen atoms in total. The van der Waals surface area contributed by atoms with Crippen LogP contribution < -0.4 is 10.2 Å². The number of amides is 2. The number of rotatable bonds is 4. The topological polar surface area (TPSA) is 92.6 Å². The van der Waals surface area contributed by atoms with Gasteiger partial charge in [0.2, 0.25) is 5.91 Å². The number of para-hydroxylation sites is 1. The summed E-state index contributed by atoms with van der Waals surface area (Å²) in [6.07, 6.45) is 1.48. The van der Waals surface area contributed by atoms with Gasteiger partial charge in [-0.05, 0) is 36.4 Å². The molecule has 2 amide bonds. The molecule has 27 heavy (non-hydrogen) atoms. The van der Waals surface area contributed by atoms with Crippen molar-refractivity contribution in [1.82, 2.24) is 0 Å². The number of carbonyl (C=O) groups is 2. The average molecular weight is 399 g/mol. The van der Waals surface area contributed by atoms with Crippen molar-refractivity contribution in [2.75, 3.05) is 10.2 Å². The highest BCUT2D eigenvalue weighted by Crippen LogP contribution is 2.37. The molecule has 1 aliphatic rings. The molecule has 0 aliphatic carbocycles. The van der Waals surface area contributed by atoms with Crippen molar-refractivity contribution in [3.05, 3.63) is 69.1 Å². The van der Waals surface area contributed by atoms with Crippen LogP contribution in [0.3, 0.4) is 0 Å². The Morgan fingerprint density at radius 3 is 2.52 bits per heavy atom. The van der Waals surface area contributed by atoms with Crippen LogP contribution in [0.15, 0.2) is 53.4 Å². The van der Waals surface area contributed by atoms with Crippen molar-refractivity contribution in [2.45, 2.75) is 6.92 Å². The molecule has 2 aromatic carbocycles. The molecule has 9 heteroatoms. The minimum atomic E-state index is -0.493. The van der Waals surface area contributed by atoms with Crippen LogP contribution >= 0.6 is 24.0 Å². The van der Waals surface area contributed by atoms with Crippen molar-refractivity contribution < 1.29 is 14.5 Å². The molecule has 0 atom stereocenters. The SMILES string of the molecule is CC(=O)Nc1ccc(N2C(=O)/C(=C\c3ccccc3[N+](=O)[O-])SC2=S)cc1. The quantitative estimate of drug-likeness (QED) is 0.362. The highest BCUT2D eigenvalue weighted by Gasteiger charge is 2.33. The van der Waals surface area contributed by atoms with E-state index in [0.29, 0.717) is 26.2 Å².